The molecular weight excluding hydrogens is 238 g/mol. The molecule has 1 aromatic rings. The third-order valence-electron chi connectivity index (χ3n) is 3.98. The van der Waals surface area contributed by atoms with Gasteiger partial charge in [-0.2, -0.15) is 0 Å². The van der Waals surface area contributed by atoms with Crippen LogP contribution >= 0.6 is 11.8 Å². The molecule has 1 fully saturated rings. The van der Waals surface area contributed by atoms with Crippen molar-refractivity contribution in [2.75, 3.05) is 0 Å². The molecule has 1 nitrogen and oxygen atoms in total. The lowest BCUT2D eigenvalue weighted by atomic mass is 9.75. The van der Waals surface area contributed by atoms with Gasteiger partial charge < -0.3 is 5.73 Å². The highest BCUT2D eigenvalue weighted by Crippen LogP contribution is 2.42. The zero-order chi connectivity index (χ0) is 13.2. The zero-order valence-electron chi connectivity index (χ0n) is 11.4. The molecule has 0 unspecified atom stereocenters. The molecule has 1 aliphatic carbocycles. The first-order valence-corrected chi connectivity index (χ1v) is 7.53. The second-order valence-corrected chi connectivity index (χ2v) is 7.02. The fourth-order valence-corrected chi connectivity index (χ4v) is 3.94. The van der Waals surface area contributed by atoms with Crippen LogP contribution in [0.1, 0.15) is 33.1 Å². The van der Waals surface area contributed by atoms with Gasteiger partial charge in [0.25, 0.3) is 0 Å². The number of rotatable bonds is 3. The molecule has 2 heteroatoms. The van der Waals surface area contributed by atoms with E-state index in [4.69, 9.17) is 5.73 Å². The Hall–Kier alpha value is -0.730. The summed E-state index contributed by atoms with van der Waals surface area (Å²) in [6.45, 7) is 8.46. The molecule has 2 rings (SSSR count). The van der Waals surface area contributed by atoms with Gasteiger partial charge in [-0.3, -0.25) is 0 Å². The number of hydrogen-bond acceptors (Lipinski definition) is 2. The average molecular weight is 261 g/mol. The second-order valence-electron chi connectivity index (χ2n) is 5.74. The molecular formula is C16H23NS. The molecule has 1 aromatic carbocycles. The summed E-state index contributed by atoms with van der Waals surface area (Å²) in [5, 5.41) is 0.482. The van der Waals surface area contributed by atoms with E-state index in [-0.39, 0.29) is 5.54 Å². The average Bonchev–Trinajstić information content (AvgIpc) is 2.33. The van der Waals surface area contributed by atoms with Crippen molar-refractivity contribution < 1.29 is 0 Å². The minimum Gasteiger partial charge on any atom is -0.324 e. The van der Waals surface area contributed by atoms with Crippen LogP contribution < -0.4 is 5.73 Å². The van der Waals surface area contributed by atoms with Crippen molar-refractivity contribution in [2.45, 2.75) is 48.8 Å². The van der Waals surface area contributed by atoms with E-state index in [1.165, 1.54) is 16.9 Å². The van der Waals surface area contributed by atoms with Gasteiger partial charge in [-0.05, 0) is 51.2 Å². The summed E-state index contributed by atoms with van der Waals surface area (Å²) in [4.78, 5) is 1.32. The van der Waals surface area contributed by atoms with Crippen molar-refractivity contribution >= 4 is 11.8 Å². The van der Waals surface area contributed by atoms with Crippen molar-refractivity contribution in [1.82, 2.24) is 0 Å². The van der Waals surface area contributed by atoms with E-state index in [9.17, 15) is 0 Å². The first kappa shape index (κ1) is 13.7. The molecule has 3 atom stereocenters. The first-order chi connectivity index (χ1) is 8.49. The van der Waals surface area contributed by atoms with Gasteiger partial charge in [0.05, 0.1) is 0 Å². The van der Waals surface area contributed by atoms with Gasteiger partial charge in [0.1, 0.15) is 0 Å². The van der Waals surface area contributed by atoms with Crippen LogP contribution in [0.3, 0.4) is 0 Å². The van der Waals surface area contributed by atoms with Crippen molar-refractivity contribution in [3.63, 3.8) is 0 Å². The Labute approximate surface area is 115 Å². The predicted octanol–water partition coefficient (Wildman–Crippen LogP) is 4.24. The van der Waals surface area contributed by atoms with Crippen LogP contribution in [0.4, 0.5) is 0 Å². The lowest BCUT2D eigenvalue weighted by Gasteiger charge is -2.41. The van der Waals surface area contributed by atoms with E-state index >= 15 is 0 Å². The van der Waals surface area contributed by atoms with Crippen LogP contribution in [0.5, 0.6) is 0 Å². The Balaban J connectivity index is 2.10. The van der Waals surface area contributed by atoms with Crippen LogP contribution in [0.15, 0.2) is 47.4 Å². The first-order valence-electron chi connectivity index (χ1n) is 6.65. The van der Waals surface area contributed by atoms with Crippen LogP contribution in [0.25, 0.3) is 0 Å². The topological polar surface area (TPSA) is 26.0 Å². The molecule has 0 spiro atoms. The van der Waals surface area contributed by atoms with Gasteiger partial charge in [0, 0.05) is 15.7 Å². The Morgan fingerprint density at radius 3 is 2.67 bits per heavy atom. The zero-order valence-corrected chi connectivity index (χ0v) is 12.2. The van der Waals surface area contributed by atoms with Gasteiger partial charge in [-0.25, -0.2) is 0 Å². The van der Waals surface area contributed by atoms with Crippen molar-refractivity contribution in [1.29, 1.82) is 0 Å². The third kappa shape index (κ3) is 3.18. The predicted molar refractivity (Wildman–Crippen MR) is 80.8 cm³/mol. The Bertz CT molecular complexity index is 410. The highest BCUT2D eigenvalue weighted by atomic mass is 32.2. The maximum atomic E-state index is 6.48. The smallest absolute Gasteiger partial charge is 0.0277 e. The van der Waals surface area contributed by atoms with E-state index in [1.807, 2.05) is 11.8 Å². The van der Waals surface area contributed by atoms with Crippen molar-refractivity contribution in [3.8, 4) is 0 Å². The highest BCUT2D eigenvalue weighted by molar-refractivity contribution is 8.00. The molecule has 1 aliphatic rings. The SMILES string of the molecule is C=C(C)[C@H]1CC[C@@](C)(N)[C@H](Sc2ccccc2)C1. The minimum absolute atomic E-state index is 0.0630. The molecule has 0 heterocycles. The quantitative estimate of drug-likeness (QED) is 0.824. The number of allylic oxidation sites excluding steroid dienone is 1. The normalized spacial score (nSPS) is 32.2. The van der Waals surface area contributed by atoms with Gasteiger partial charge in [-0.1, -0.05) is 30.4 Å². The molecule has 0 bridgehead atoms. The third-order valence-corrected chi connectivity index (χ3v) is 5.54. The maximum absolute atomic E-state index is 6.48. The van der Waals surface area contributed by atoms with Gasteiger partial charge in [0.2, 0.25) is 0 Å². The standard InChI is InChI=1S/C16H23NS/c1-12(2)13-9-10-16(3,17)15(11-13)18-14-7-5-4-6-8-14/h4-8,13,15H,1,9-11,17H2,2-3H3/t13-,15+,16+/m0/s1. The van der Waals surface area contributed by atoms with Crippen molar-refractivity contribution in [2.24, 2.45) is 11.7 Å². The summed E-state index contributed by atoms with van der Waals surface area (Å²) >= 11 is 1.93. The van der Waals surface area contributed by atoms with E-state index in [1.54, 1.807) is 0 Å². The minimum atomic E-state index is -0.0630. The molecule has 18 heavy (non-hydrogen) atoms. The monoisotopic (exact) mass is 261 g/mol. The number of nitrogens with two attached hydrogens (primary N) is 1. The van der Waals surface area contributed by atoms with E-state index in [2.05, 4.69) is 50.8 Å². The lowest BCUT2D eigenvalue weighted by molar-refractivity contribution is 0.285. The highest BCUT2D eigenvalue weighted by Gasteiger charge is 2.37. The molecule has 0 aliphatic heterocycles. The molecule has 0 saturated heterocycles. The molecule has 0 aromatic heterocycles. The molecule has 2 N–H and O–H groups in total. The van der Waals surface area contributed by atoms with Crippen LogP contribution in [-0.2, 0) is 0 Å². The van der Waals surface area contributed by atoms with E-state index < -0.39 is 0 Å². The fourth-order valence-electron chi connectivity index (χ4n) is 2.59. The summed E-state index contributed by atoms with van der Waals surface area (Å²) < 4.78 is 0. The van der Waals surface area contributed by atoms with Crippen LogP contribution in [0.2, 0.25) is 0 Å². The summed E-state index contributed by atoms with van der Waals surface area (Å²) in [5.74, 6) is 0.642. The fraction of sp³-hybridized carbons (Fsp3) is 0.500. The molecule has 0 amide bonds. The summed E-state index contributed by atoms with van der Waals surface area (Å²) in [5.41, 5.74) is 7.73. The Morgan fingerprint density at radius 1 is 1.39 bits per heavy atom. The van der Waals surface area contributed by atoms with Crippen LogP contribution in [0, 0.1) is 5.92 Å². The summed E-state index contributed by atoms with van der Waals surface area (Å²) in [6, 6.07) is 10.6. The van der Waals surface area contributed by atoms with E-state index in [0.29, 0.717) is 11.2 Å². The molecule has 1 saturated carbocycles. The van der Waals surface area contributed by atoms with Gasteiger partial charge in [0.15, 0.2) is 0 Å². The van der Waals surface area contributed by atoms with Crippen LogP contribution in [-0.4, -0.2) is 10.8 Å². The number of hydrogen-bond donors (Lipinski definition) is 1. The van der Waals surface area contributed by atoms with Crippen molar-refractivity contribution in [3.05, 3.63) is 42.5 Å². The largest absolute Gasteiger partial charge is 0.324 e. The summed E-state index contributed by atoms with van der Waals surface area (Å²) in [6.07, 6.45) is 3.44. The number of benzene rings is 1. The number of thioether (sulfide) groups is 1. The summed E-state index contributed by atoms with van der Waals surface area (Å²) in [7, 11) is 0. The Kier molecular flexibility index (Phi) is 4.18. The molecule has 98 valence electrons. The molecule has 0 radical (unpaired) electrons. The van der Waals surface area contributed by atoms with Gasteiger partial charge >= 0.3 is 0 Å². The van der Waals surface area contributed by atoms with Gasteiger partial charge in [-0.15, -0.1) is 11.8 Å². The second kappa shape index (κ2) is 5.50. The Morgan fingerprint density at radius 2 is 2.06 bits per heavy atom. The van der Waals surface area contributed by atoms with E-state index in [0.717, 1.165) is 12.8 Å². The lowest BCUT2D eigenvalue weighted by Crippen LogP contribution is -2.50. The maximum Gasteiger partial charge on any atom is 0.0277 e.